The van der Waals surface area contributed by atoms with E-state index < -0.39 is 0 Å². The van der Waals surface area contributed by atoms with Gasteiger partial charge in [-0.1, -0.05) is 24.4 Å². The predicted molar refractivity (Wildman–Crippen MR) is 115 cm³/mol. The maximum absolute atomic E-state index is 12.5. The summed E-state index contributed by atoms with van der Waals surface area (Å²) < 4.78 is 6.08. The van der Waals surface area contributed by atoms with Crippen molar-refractivity contribution in [3.8, 4) is 5.75 Å². The number of pyridine rings is 1. The van der Waals surface area contributed by atoms with Crippen molar-refractivity contribution in [3.63, 3.8) is 0 Å². The fraction of sp³-hybridized carbons (Fsp3) is 0.435. The first-order valence-electron chi connectivity index (χ1n) is 10.6. The van der Waals surface area contributed by atoms with Crippen LogP contribution in [0.2, 0.25) is 5.02 Å². The number of likely N-dealkylation sites (tertiary alicyclic amines) is 1. The summed E-state index contributed by atoms with van der Waals surface area (Å²) in [4.78, 5) is 30.8. The van der Waals surface area contributed by atoms with Crippen LogP contribution in [-0.4, -0.2) is 46.9 Å². The minimum Gasteiger partial charge on any atom is -0.489 e. The number of halogens is 1. The number of aromatic nitrogens is 1. The average molecular weight is 428 g/mol. The molecule has 2 heterocycles. The fourth-order valence-electron chi connectivity index (χ4n) is 4.11. The van der Waals surface area contributed by atoms with Gasteiger partial charge >= 0.3 is 0 Å². The lowest BCUT2D eigenvalue weighted by atomic mass is 10.1. The molecule has 0 unspecified atom stereocenters. The standard InChI is InChI=1S/C23H26ClN3O3/c24-20-15-17(22(28)26-18-3-1-2-4-18)5-6-21(20)30-19-9-13-27(14-10-19)23(29)16-7-11-25-12-8-16/h5-8,11-12,15,18-19H,1-4,9-10,13-14H2,(H,26,28). The highest BCUT2D eigenvalue weighted by molar-refractivity contribution is 6.32. The topological polar surface area (TPSA) is 71.5 Å². The molecule has 2 fully saturated rings. The Labute approximate surface area is 181 Å². The Balaban J connectivity index is 1.30. The molecule has 2 aromatic rings. The maximum Gasteiger partial charge on any atom is 0.253 e. The van der Waals surface area contributed by atoms with Crippen molar-refractivity contribution in [2.45, 2.75) is 50.7 Å². The zero-order valence-electron chi connectivity index (χ0n) is 16.9. The Morgan fingerprint density at radius 2 is 1.70 bits per heavy atom. The molecular weight excluding hydrogens is 402 g/mol. The van der Waals surface area contributed by atoms with Crippen LogP contribution in [0.4, 0.5) is 0 Å². The van der Waals surface area contributed by atoms with Gasteiger partial charge in [-0.05, 0) is 43.2 Å². The molecule has 1 N–H and O–H groups in total. The van der Waals surface area contributed by atoms with Gasteiger partial charge in [0.1, 0.15) is 11.9 Å². The molecule has 1 aromatic heterocycles. The van der Waals surface area contributed by atoms with Gasteiger partial charge in [-0.25, -0.2) is 0 Å². The molecule has 1 saturated carbocycles. The van der Waals surface area contributed by atoms with Crippen molar-refractivity contribution in [3.05, 3.63) is 58.9 Å². The van der Waals surface area contributed by atoms with Gasteiger partial charge in [-0.15, -0.1) is 0 Å². The molecule has 1 aromatic carbocycles. The number of rotatable bonds is 5. The van der Waals surface area contributed by atoms with Gasteiger partial charge in [0, 0.05) is 55.5 Å². The summed E-state index contributed by atoms with van der Waals surface area (Å²) in [6.07, 6.45) is 9.14. The van der Waals surface area contributed by atoms with Crippen LogP contribution in [0, 0.1) is 0 Å². The van der Waals surface area contributed by atoms with E-state index in [1.165, 1.54) is 12.8 Å². The Kier molecular flexibility index (Phi) is 6.53. The second kappa shape index (κ2) is 9.47. The van der Waals surface area contributed by atoms with Gasteiger partial charge in [-0.2, -0.15) is 0 Å². The third-order valence-corrected chi connectivity index (χ3v) is 6.13. The third kappa shape index (κ3) is 4.93. The number of piperidine rings is 1. The van der Waals surface area contributed by atoms with E-state index >= 15 is 0 Å². The van der Waals surface area contributed by atoms with E-state index in [0.717, 1.165) is 25.7 Å². The lowest BCUT2D eigenvalue weighted by molar-refractivity contribution is 0.0595. The highest BCUT2D eigenvalue weighted by Gasteiger charge is 2.25. The second-order valence-corrected chi connectivity index (χ2v) is 8.35. The Hall–Kier alpha value is -2.60. The molecule has 2 amide bonds. The zero-order valence-corrected chi connectivity index (χ0v) is 17.6. The smallest absolute Gasteiger partial charge is 0.253 e. The first-order valence-corrected chi connectivity index (χ1v) is 10.9. The van der Waals surface area contributed by atoms with Crippen LogP contribution in [0.15, 0.2) is 42.7 Å². The highest BCUT2D eigenvalue weighted by atomic mass is 35.5. The first kappa shape index (κ1) is 20.7. The van der Waals surface area contributed by atoms with E-state index in [4.69, 9.17) is 16.3 Å². The van der Waals surface area contributed by atoms with E-state index in [2.05, 4.69) is 10.3 Å². The predicted octanol–water partition coefficient (Wildman–Crippen LogP) is 4.09. The zero-order chi connectivity index (χ0) is 20.9. The largest absolute Gasteiger partial charge is 0.489 e. The maximum atomic E-state index is 12.5. The molecule has 1 saturated heterocycles. The van der Waals surface area contributed by atoms with Crippen molar-refractivity contribution in [1.29, 1.82) is 0 Å². The molecule has 1 aliphatic carbocycles. The second-order valence-electron chi connectivity index (χ2n) is 7.95. The SMILES string of the molecule is O=C(NC1CCCC1)c1ccc(OC2CCN(C(=O)c3ccncc3)CC2)c(Cl)c1. The molecule has 30 heavy (non-hydrogen) atoms. The number of carbonyl (C=O) groups excluding carboxylic acids is 2. The number of ether oxygens (including phenoxy) is 1. The molecule has 4 rings (SSSR count). The van der Waals surface area contributed by atoms with Crippen molar-refractivity contribution < 1.29 is 14.3 Å². The van der Waals surface area contributed by atoms with Crippen LogP contribution in [0.5, 0.6) is 5.75 Å². The number of hydrogen-bond donors (Lipinski definition) is 1. The van der Waals surface area contributed by atoms with E-state index in [0.29, 0.717) is 35.0 Å². The number of nitrogens with one attached hydrogen (secondary N) is 1. The Morgan fingerprint density at radius 3 is 2.37 bits per heavy atom. The molecule has 158 valence electrons. The summed E-state index contributed by atoms with van der Waals surface area (Å²) in [5, 5.41) is 3.51. The quantitative estimate of drug-likeness (QED) is 0.780. The third-order valence-electron chi connectivity index (χ3n) is 5.83. The summed E-state index contributed by atoms with van der Waals surface area (Å²) in [6, 6.07) is 8.92. The molecule has 0 spiro atoms. The van der Waals surface area contributed by atoms with Crippen LogP contribution in [0.1, 0.15) is 59.2 Å². The number of benzene rings is 1. The monoisotopic (exact) mass is 427 g/mol. The molecule has 0 bridgehead atoms. The Bertz CT molecular complexity index is 892. The summed E-state index contributed by atoms with van der Waals surface area (Å²) in [5.74, 6) is 0.512. The van der Waals surface area contributed by atoms with Crippen LogP contribution < -0.4 is 10.1 Å². The van der Waals surface area contributed by atoms with E-state index in [9.17, 15) is 9.59 Å². The van der Waals surface area contributed by atoms with Gasteiger partial charge in [0.05, 0.1) is 5.02 Å². The number of nitrogens with zero attached hydrogens (tertiary/aromatic N) is 2. The lowest BCUT2D eigenvalue weighted by Crippen LogP contribution is -2.41. The minimum atomic E-state index is -0.0849. The highest BCUT2D eigenvalue weighted by Crippen LogP contribution is 2.29. The Morgan fingerprint density at radius 1 is 1.00 bits per heavy atom. The number of hydrogen-bond acceptors (Lipinski definition) is 4. The summed E-state index contributed by atoms with van der Waals surface area (Å²) in [7, 11) is 0. The summed E-state index contributed by atoms with van der Waals surface area (Å²) >= 11 is 6.39. The molecule has 0 radical (unpaired) electrons. The molecule has 7 heteroatoms. The van der Waals surface area contributed by atoms with Crippen LogP contribution >= 0.6 is 11.6 Å². The molecule has 1 aliphatic heterocycles. The molecule has 2 aliphatic rings. The van der Waals surface area contributed by atoms with Gasteiger partial charge in [0.15, 0.2) is 0 Å². The summed E-state index contributed by atoms with van der Waals surface area (Å²) in [5.41, 5.74) is 1.20. The van der Waals surface area contributed by atoms with Gasteiger partial charge in [-0.3, -0.25) is 14.6 Å². The van der Waals surface area contributed by atoms with E-state index in [1.807, 2.05) is 4.90 Å². The van der Waals surface area contributed by atoms with Crippen molar-refractivity contribution in [2.75, 3.05) is 13.1 Å². The van der Waals surface area contributed by atoms with E-state index in [1.54, 1.807) is 42.7 Å². The van der Waals surface area contributed by atoms with Gasteiger partial charge < -0.3 is 15.0 Å². The fourth-order valence-corrected chi connectivity index (χ4v) is 4.33. The molecular formula is C23H26ClN3O3. The van der Waals surface area contributed by atoms with Gasteiger partial charge in [0.2, 0.25) is 0 Å². The minimum absolute atomic E-state index is 0.0119. The van der Waals surface area contributed by atoms with E-state index in [-0.39, 0.29) is 24.0 Å². The van der Waals surface area contributed by atoms with Crippen molar-refractivity contribution in [1.82, 2.24) is 15.2 Å². The van der Waals surface area contributed by atoms with Crippen LogP contribution in [-0.2, 0) is 0 Å². The lowest BCUT2D eigenvalue weighted by Gasteiger charge is -2.32. The van der Waals surface area contributed by atoms with Crippen molar-refractivity contribution >= 4 is 23.4 Å². The number of carbonyl (C=O) groups is 2. The van der Waals surface area contributed by atoms with Gasteiger partial charge in [0.25, 0.3) is 11.8 Å². The normalized spacial score (nSPS) is 17.7. The first-order chi connectivity index (χ1) is 14.6. The molecule has 0 atom stereocenters. The van der Waals surface area contributed by atoms with Crippen molar-refractivity contribution in [2.24, 2.45) is 0 Å². The average Bonchev–Trinajstić information content (AvgIpc) is 3.29. The molecule has 6 nitrogen and oxygen atoms in total. The summed E-state index contributed by atoms with van der Waals surface area (Å²) in [6.45, 7) is 1.26. The number of amides is 2. The van der Waals surface area contributed by atoms with Crippen LogP contribution in [0.25, 0.3) is 0 Å². The van der Waals surface area contributed by atoms with Crippen LogP contribution in [0.3, 0.4) is 0 Å².